The third-order valence-electron chi connectivity index (χ3n) is 1.81. The van der Waals surface area contributed by atoms with Crippen LogP contribution in [0.2, 0.25) is 0 Å². The van der Waals surface area contributed by atoms with Crippen LogP contribution < -0.4 is 0 Å². The lowest BCUT2D eigenvalue weighted by Crippen LogP contribution is -2.24. The topological polar surface area (TPSA) is 78.9 Å². The van der Waals surface area contributed by atoms with Gasteiger partial charge in [-0.2, -0.15) is 0 Å². The van der Waals surface area contributed by atoms with E-state index in [2.05, 4.69) is 4.74 Å². The van der Waals surface area contributed by atoms with Crippen molar-refractivity contribution in [3.05, 3.63) is 0 Å². The van der Waals surface area contributed by atoms with E-state index in [4.69, 9.17) is 9.47 Å². The van der Waals surface area contributed by atoms with Gasteiger partial charge in [-0.05, 0) is 39.5 Å². The van der Waals surface area contributed by atoms with Crippen molar-refractivity contribution in [1.82, 2.24) is 0 Å². The molecular weight excluding hydrogens is 272 g/mol. The van der Waals surface area contributed by atoms with Crippen LogP contribution in [0.25, 0.3) is 0 Å². The molecule has 0 aliphatic heterocycles. The minimum absolute atomic E-state index is 0.134. The Balaban J connectivity index is 3.66. The zero-order valence-corrected chi connectivity index (χ0v) is 12.5. The molecule has 0 saturated heterocycles. The van der Waals surface area contributed by atoms with Gasteiger partial charge in [-0.1, -0.05) is 0 Å². The van der Waals surface area contributed by atoms with Crippen molar-refractivity contribution in [2.24, 2.45) is 5.41 Å². The van der Waals surface area contributed by atoms with E-state index < -0.39 is 23.5 Å². The lowest BCUT2D eigenvalue weighted by atomic mass is 9.98. The summed E-state index contributed by atoms with van der Waals surface area (Å²) in [6.45, 7) is 6.71. The molecular formula is C12H20O6S. The van der Waals surface area contributed by atoms with Gasteiger partial charge >= 0.3 is 17.2 Å². The van der Waals surface area contributed by atoms with Crippen LogP contribution in [0.3, 0.4) is 0 Å². The lowest BCUT2D eigenvalue weighted by Gasteiger charge is -2.16. The molecule has 0 N–H and O–H groups in total. The number of hydrogen-bond acceptors (Lipinski definition) is 7. The maximum Gasteiger partial charge on any atom is 0.370 e. The molecule has 110 valence electrons. The first-order valence-electron chi connectivity index (χ1n) is 5.89. The molecule has 7 heteroatoms. The van der Waals surface area contributed by atoms with Gasteiger partial charge in [0.15, 0.2) is 0 Å². The fourth-order valence-electron chi connectivity index (χ4n) is 0.840. The van der Waals surface area contributed by atoms with E-state index in [1.165, 1.54) is 0 Å². The van der Waals surface area contributed by atoms with Gasteiger partial charge < -0.3 is 14.2 Å². The van der Waals surface area contributed by atoms with Crippen molar-refractivity contribution in [2.75, 3.05) is 19.2 Å². The standard InChI is InChI=1S/C12H20O6S/c1-5-16-9(13)6-7-19-11(15)18-8-17-10(14)12(2,3)4/h5-8H2,1-4H3. The first-order valence-corrected chi connectivity index (χ1v) is 6.88. The Bertz CT molecular complexity index is 321. The molecule has 0 atom stereocenters. The fraction of sp³-hybridized carbons (Fsp3) is 0.750. The fourth-order valence-corrected chi connectivity index (χ4v) is 1.41. The van der Waals surface area contributed by atoms with Crippen molar-refractivity contribution in [1.29, 1.82) is 0 Å². The SMILES string of the molecule is CCOC(=O)CCSC(=O)OCOC(=O)C(C)(C)C. The van der Waals surface area contributed by atoms with Crippen LogP contribution in [0, 0.1) is 5.41 Å². The average Bonchev–Trinajstić information content (AvgIpc) is 2.27. The Morgan fingerprint density at radius 3 is 2.21 bits per heavy atom. The first kappa shape index (κ1) is 17.8. The highest BCUT2D eigenvalue weighted by Crippen LogP contribution is 2.15. The molecule has 0 bridgehead atoms. The smallest absolute Gasteiger partial charge is 0.370 e. The summed E-state index contributed by atoms with van der Waals surface area (Å²) in [4.78, 5) is 33.5. The normalized spacial score (nSPS) is 10.7. The van der Waals surface area contributed by atoms with Gasteiger partial charge in [0, 0.05) is 5.75 Å². The summed E-state index contributed by atoms with van der Waals surface area (Å²) < 4.78 is 14.1. The van der Waals surface area contributed by atoms with E-state index in [1.54, 1.807) is 27.7 Å². The summed E-state index contributed by atoms with van der Waals surface area (Å²) in [6.07, 6.45) is 0.134. The van der Waals surface area contributed by atoms with E-state index in [0.717, 1.165) is 11.8 Å². The quantitative estimate of drug-likeness (QED) is 0.549. The van der Waals surface area contributed by atoms with E-state index in [0.29, 0.717) is 6.61 Å². The van der Waals surface area contributed by atoms with Crippen LogP contribution in [-0.4, -0.2) is 36.4 Å². The summed E-state index contributed by atoms with van der Waals surface area (Å²) in [6, 6.07) is 0. The third kappa shape index (κ3) is 9.35. The summed E-state index contributed by atoms with van der Waals surface area (Å²) >= 11 is 0.836. The number of esters is 2. The number of ether oxygens (including phenoxy) is 3. The summed E-state index contributed by atoms with van der Waals surface area (Å²) in [5, 5.41) is -0.592. The number of hydrogen-bond donors (Lipinski definition) is 0. The molecule has 0 aliphatic carbocycles. The minimum Gasteiger partial charge on any atom is -0.466 e. The predicted octanol–water partition coefficient (Wildman–Crippen LogP) is 2.36. The van der Waals surface area contributed by atoms with Gasteiger partial charge in [0.2, 0.25) is 6.79 Å². The molecule has 0 aromatic carbocycles. The van der Waals surface area contributed by atoms with E-state index >= 15 is 0 Å². The zero-order valence-electron chi connectivity index (χ0n) is 11.7. The molecule has 0 fully saturated rings. The second kappa shape index (κ2) is 8.79. The second-order valence-corrected chi connectivity index (χ2v) is 5.63. The molecule has 0 aromatic rings. The molecule has 0 aromatic heterocycles. The Hall–Kier alpha value is -1.24. The Kier molecular flexibility index (Phi) is 8.22. The van der Waals surface area contributed by atoms with Crippen molar-refractivity contribution in [2.45, 2.75) is 34.1 Å². The zero-order chi connectivity index (χ0) is 14.9. The number of carbonyl (C=O) groups excluding carboxylic acids is 3. The molecule has 0 amide bonds. The summed E-state index contributed by atoms with van der Waals surface area (Å²) in [5.41, 5.74) is -0.635. The highest BCUT2D eigenvalue weighted by molar-refractivity contribution is 8.13. The molecule has 19 heavy (non-hydrogen) atoms. The minimum atomic E-state index is -0.635. The Labute approximate surface area is 117 Å². The summed E-state index contributed by atoms with van der Waals surface area (Å²) in [5.74, 6) is -0.538. The van der Waals surface area contributed by atoms with Gasteiger partial charge in [-0.15, -0.1) is 0 Å². The van der Waals surface area contributed by atoms with Crippen LogP contribution in [0.4, 0.5) is 4.79 Å². The second-order valence-electron chi connectivity index (χ2n) is 4.60. The first-order chi connectivity index (χ1) is 8.77. The molecule has 0 spiro atoms. The monoisotopic (exact) mass is 292 g/mol. The number of thioether (sulfide) groups is 1. The largest absolute Gasteiger partial charge is 0.466 e. The predicted molar refractivity (Wildman–Crippen MR) is 70.6 cm³/mol. The van der Waals surface area contributed by atoms with Crippen LogP contribution in [0.15, 0.2) is 0 Å². The summed E-state index contributed by atoms with van der Waals surface area (Å²) in [7, 11) is 0. The molecule has 0 radical (unpaired) electrons. The van der Waals surface area contributed by atoms with Crippen molar-refractivity contribution in [3.8, 4) is 0 Å². The Morgan fingerprint density at radius 1 is 1.05 bits per heavy atom. The Morgan fingerprint density at radius 2 is 1.68 bits per heavy atom. The van der Waals surface area contributed by atoms with Gasteiger partial charge in [0.05, 0.1) is 18.4 Å². The molecule has 0 aliphatic rings. The molecule has 0 rings (SSSR count). The van der Waals surface area contributed by atoms with E-state index in [9.17, 15) is 14.4 Å². The van der Waals surface area contributed by atoms with Crippen LogP contribution in [0.5, 0.6) is 0 Å². The van der Waals surface area contributed by atoms with Crippen molar-refractivity contribution < 1.29 is 28.6 Å². The number of carbonyl (C=O) groups is 3. The van der Waals surface area contributed by atoms with Crippen LogP contribution in [0.1, 0.15) is 34.1 Å². The van der Waals surface area contributed by atoms with Crippen molar-refractivity contribution >= 4 is 29.0 Å². The van der Waals surface area contributed by atoms with Gasteiger partial charge in [0.1, 0.15) is 0 Å². The van der Waals surface area contributed by atoms with Gasteiger partial charge in [-0.3, -0.25) is 9.59 Å². The third-order valence-corrected chi connectivity index (χ3v) is 2.57. The van der Waals surface area contributed by atoms with Crippen molar-refractivity contribution in [3.63, 3.8) is 0 Å². The number of rotatable bonds is 6. The lowest BCUT2D eigenvalue weighted by molar-refractivity contribution is -0.160. The molecule has 6 nitrogen and oxygen atoms in total. The molecule has 0 saturated carbocycles. The molecule has 0 unspecified atom stereocenters. The van der Waals surface area contributed by atoms with Crippen LogP contribution in [-0.2, 0) is 23.8 Å². The average molecular weight is 292 g/mol. The van der Waals surface area contributed by atoms with E-state index in [1.807, 2.05) is 0 Å². The highest BCUT2D eigenvalue weighted by atomic mass is 32.2. The van der Waals surface area contributed by atoms with Gasteiger partial charge in [-0.25, -0.2) is 4.79 Å². The maximum atomic E-state index is 11.3. The van der Waals surface area contributed by atoms with Crippen LogP contribution >= 0.6 is 11.8 Å². The van der Waals surface area contributed by atoms with E-state index in [-0.39, 0.29) is 18.1 Å². The van der Waals surface area contributed by atoms with Gasteiger partial charge in [0.25, 0.3) is 0 Å². The molecule has 0 heterocycles. The highest BCUT2D eigenvalue weighted by Gasteiger charge is 2.23. The maximum absolute atomic E-state index is 11.3.